The second kappa shape index (κ2) is 4.49. The van der Waals surface area contributed by atoms with Crippen LogP contribution < -0.4 is 0 Å². The Labute approximate surface area is 109 Å². The van der Waals surface area contributed by atoms with E-state index in [1.807, 2.05) is 13.8 Å². The van der Waals surface area contributed by atoms with E-state index in [1.54, 1.807) is 0 Å². The molecular formula is C17H20O. The molecule has 94 valence electrons. The highest BCUT2D eigenvalue weighted by Crippen LogP contribution is 2.37. The summed E-state index contributed by atoms with van der Waals surface area (Å²) in [7, 11) is 0. The minimum atomic E-state index is 0.413. The molecule has 1 N–H and O–H groups in total. The van der Waals surface area contributed by atoms with Crippen molar-refractivity contribution in [2.45, 2.75) is 34.6 Å². The van der Waals surface area contributed by atoms with Crippen LogP contribution in [0.4, 0.5) is 0 Å². The predicted molar refractivity (Wildman–Crippen MR) is 77.2 cm³/mol. The maximum atomic E-state index is 10.4. The molecule has 0 saturated carbocycles. The Morgan fingerprint density at radius 2 is 1.39 bits per heavy atom. The van der Waals surface area contributed by atoms with Gasteiger partial charge in [0.15, 0.2) is 0 Å². The number of aromatic hydroxyl groups is 1. The first kappa shape index (κ1) is 12.7. The molecule has 0 unspecified atom stereocenters. The van der Waals surface area contributed by atoms with E-state index in [9.17, 15) is 5.11 Å². The first-order valence-corrected chi connectivity index (χ1v) is 6.29. The van der Waals surface area contributed by atoms with Crippen molar-refractivity contribution in [3.8, 4) is 16.9 Å². The molecule has 0 aliphatic heterocycles. The van der Waals surface area contributed by atoms with E-state index in [0.29, 0.717) is 5.75 Å². The van der Waals surface area contributed by atoms with E-state index < -0.39 is 0 Å². The van der Waals surface area contributed by atoms with Crippen molar-refractivity contribution in [1.82, 2.24) is 0 Å². The number of phenolic OH excluding ortho intramolecular Hbond substituents is 1. The molecular weight excluding hydrogens is 220 g/mol. The van der Waals surface area contributed by atoms with Gasteiger partial charge in [-0.05, 0) is 68.0 Å². The number of aryl methyl sites for hydroxylation is 4. The Morgan fingerprint density at radius 1 is 0.722 bits per heavy atom. The van der Waals surface area contributed by atoms with Crippen LogP contribution >= 0.6 is 0 Å². The fourth-order valence-corrected chi connectivity index (χ4v) is 2.33. The lowest BCUT2D eigenvalue weighted by molar-refractivity contribution is 0.472. The van der Waals surface area contributed by atoms with Crippen molar-refractivity contribution in [3.05, 3.63) is 52.1 Å². The molecule has 0 atom stereocenters. The van der Waals surface area contributed by atoms with Crippen molar-refractivity contribution < 1.29 is 5.11 Å². The molecule has 0 radical (unpaired) electrons. The number of rotatable bonds is 1. The Kier molecular flexibility index (Phi) is 3.16. The lowest BCUT2D eigenvalue weighted by Gasteiger charge is -2.14. The van der Waals surface area contributed by atoms with E-state index in [0.717, 1.165) is 27.8 Å². The molecule has 0 bridgehead atoms. The minimum absolute atomic E-state index is 0.413. The molecule has 1 heteroatoms. The molecule has 18 heavy (non-hydrogen) atoms. The largest absolute Gasteiger partial charge is 0.507 e. The number of hydrogen-bond acceptors (Lipinski definition) is 1. The van der Waals surface area contributed by atoms with Crippen LogP contribution in [0.25, 0.3) is 11.1 Å². The molecule has 2 aromatic carbocycles. The van der Waals surface area contributed by atoms with Gasteiger partial charge in [0.25, 0.3) is 0 Å². The summed E-state index contributed by atoms with van der Waals surface area (Å²) in [6.07, 6.45) is 0. The van der Waals surface area contributed by atoms with Gasteiger partial charge in [0, 0.05) is 5.56 Å². The van der Waals surface area contributed by atoms with Gasteiger partial charge in [0.2, 0.25) is 0 Å². The smallest absolute Gasteiger partial charge is 0.126 e. The average molecular weight is 240 g/mol. The molecule has 2 aromatic rings. The van der Waals surface area contributed by atoms with Crippen molar-refractivity contribution >= 4 is 0 Å². The van der Waals surface area contributed by atoms with E-state index in [4.69, 9.17) is 0 Å². The van der Waals surface area contributed by atoms with E-state index >= 15 is 0 Å². The van der Waals surface area contributed by atoms with Crippen LogP contribution in [-0.2, 0) is 0 Å². The zero-order valence-corrected chi connectivity index (χ0v) is 11.8. The van der Waals surface area contributed by atoms with Crippen molar-refractivity contribution in [2.24, 2.45) is 0 Å². The summed E-state index contributed by atoms with van der Waals surface area (Å²) < 4.78 is 0. The Hall–Kier alpha value is -1.76. The lowest BCUT2D eigenvalue weighted by atomic mass is 9.92. The zero-order chi connectivity index (χ0) is 13.4. The molecule has 0 aliphatic rings. The van der Waals surface area contributed by atoms with Gasteiger partial charge in [-0.3, -0.25) is 0 Å². The third-order valence-electron chi connectivity index (χ3n) is 3.81. The second-order valence-electron chi connectivity index (χ2n) is 5.16. The third kappa shape index (κ3) is 2.01. The van der Waals surface area contributed by atoms with E-state index in [2.05, 4.69) is 45.0 Å². The van der Waals surface area contributed by atoms with Crippen LogP contribution in [0.1, 0.15) is 27.8 Å². The Balaban J connectivity index is 2.71. The maximum absolute atomic E-state index is 10.4. The van der Waals surface area contributed by atoms with Gasteiger partial charge in [0.05, 0.1) is 0 Å². The van der Waals surface area contributed by atoms with Gasteiger partial charge in [-0.1, -0.05) is 24.3 Å². The highest BCUT2D eigenvalue weighted by molar-refractivity contribution is 5.76. The van der Waals surface area contributed by atoms with Crippen LogP contribution in [0.2, 0.25) is 0 Å². The summed E-state index contributed by atoms with van der Waals surface area (Å²) in [5.74, 6) is 0.413. The van der Waals surface area contributed by atoms with Gasteiger partial charge in [-0.2, -0.15) is 0 Å². The molecule has 0 fully saturated rings. The van der Waals surface area contributed by atoms with Gasteiger partial charge in [-0.15, -0.1) is 0 Å². The first-order valence-electron chi connectivity index (χ1n) is 6.29. The van der Waals surface area contributed by atoms with Crippen molar-refractivity contribution in [1.29, 1.82) is 0 Å². The standard InChI is InChI=1S/C17H20O/c1-10-6-7-15(9-11(10)2)16-13(4)8-12(3)14(5)17(16)18/h6-9,18H,1-5H3. The SMILES string of the molecule is Cc1ccc(-c2c(C)cc(C)c(C)c2O)cc1C. The van der Waals surface area contributed by atoms with Crippen molar-refractivity contribution in [2.75, 3.05) is 0 Å². The summed E-state index contributed by atoms with van der Waals surface area (Å²) in [6, 6.07) is 8.48. The molecule has 0 aliphatic carbocycles. The third-order valence-corrected chi connectivity index (χ3v) is 3.81. The monoisotopic (exact) mass is 240 g/mol. The van der Waals surface area contributed by atoms with Crippen LogP contribution in [0, 0.1) is 34.6 Å². The summed E-state index contributed by atoms with van der Waals surface area (Å²) in [5, 5.41) is 10.4. The molecule has 0 heterocycles. The quantitative estimate of drug-likeness (QED) is 0.772. The molecule has 0 saturated heterocycles. The number of phenols is 1. The van der Waals surface area contributed by atoms with Gasteiger partial charge >= 0.3 is 0 Å². The summed E-state index contributed by atoms with van der Waals surface area (Å²) in [4.78, 5) is 0. The van der Waals surface area contributed by atoms with Crippen LogP contribution in [0.15, 0.2) is 24.3 Å². The predicted octanol–water partition coefficient (Wildman–Crippen LogP) is 4.60. The zero-order valence-electron chi connectivity index (χ0n) is 11.8. The van der Waals surface area contributed by atoms with Gasteiger partial charge in [-0.25, -0.2) is 0 Å². The molecule has 0 amide bonds. The molecule has 1 nitrogen and oxygen atoms in total. The number of benzene rings is 2. The van der Waals surface area contributed by atoms with E-state index in [-0.39, 0.29) is 0 Å². The van der Waals surface area contributed by atoms with Crippen molar-refractivity contribution in [3.63, 3.8) is 0 Å². The normalized spacial score (nSPS) is 10.7. The number of hydrogen-bond donors (Lipinski definition) is 1. The average Bonchev–Trinajstić information content (AvgIpc) is 2.31. The minimum Gasteiger partial charge on any atom is -0.507 e. The first-order chi connectivity index (χ1) is 8.41. The second-order valence-corrected chi connectivity index (χ2v) is 5.16. The topological polar surface area (TPSA) is 20.2 Å². The van der Waals surface area contributed by atoms with Crippen LogP contribution in [-0.4, -0.2) is 5.11 Å². The summed E-state index contributed by atoms with van der Waals surface area (Å²) in [5.41, 5.74) is 7.81. The summed E-state index contributed by atoms with van der Waals surface area (Å²) in [6.45, 7) is 10.3. The van der Waals surface area contributed by atoms with Crippen LogP contribution in [0.5, 0.6) is 5.75 Å². The molecule has 2 rings (SSSR count). The fraction of sp³-hybridized carbons (Fsp3) is 0.294. The Bertz CT molecular complexity index is 609. The van der Waals surface area contributed by atoms with Crippen LogP contribution in [0.3, 0.4) is 0 Å². The highest BCUT2D eigenvalue weighted by atomic mass is 16.3. The Morgan fingerprint density at radius 3 is 2.00 bits per heavy atom. The fourth-order valence-electron chi connectivity index (χ4n) is 2.33. The van der Waals surface area contributed by atoms with E-state index in [1.165, 1.54) is 11.1 Å². The van der Waals surface area contributed by atoms with Gasteiger partial charge < -0.3 is 5.11 Å². The molecule has 0 spiro atoms. The molecule has 0 aromatic heterocycles. The maximum Gasteiger partial charge on any atom is 0.126 e. The lowest BCUT2D eigenvalue weighted by Crippen LogP contribution is -1.92. The summed E-state index contributed by atoms with van der Waals surface area (Å²) >= 11 is 0. The highest BCUT2D eigenvalue weighted by Gasteiger charge is 2.12. The van der Waals surface area contributed by atoms with Gasteiger partial charge in [0.1, 0.15) is 5.75 Å².